The third kappa shape index (κ3) is 3.08. The van der Waals surface area contributed by atoms with Gasteiger partial charge in [0.1, 0.15) is 0 Å². The standard InChI is InChI=1S/C8H7BO6/c10-7(11)5-1-3-6(4-2-5)8(12)15-9(13)14/h1-4,13-14H,(H,10,11). The molecule has 0 bridgehead atoms. The summed E-state index contributed by atoms with van der Waals surface area (Å²) in [5.41, 5.74) is 0.0594. The van der Waals surface area contributed by atoms with Crippen molar-refractivity contribution in [3.05, 3.63) is 35.4 Å². The molecule has 0 spiro atoms. The topological polar surface area (TPSA) is 104 Å². The van der Waals surface area contributed by atoms with E-state index in [1.807, 2.05) is 0 Å². The van der Waals surface area contributed by atoms with Crippen molar-refractivity contribution in [2.75, 3.05) is 0 Å². The van der Waals surface area contributed by atoms with Gasteiger partial charge >= 0.3 is 19.3 Å². The van der Waals surface area contributed by atoms with E-state index in [0.717, 1.165) is 0 Å². The summed E-state index contributed by atoms with van der Waals surface area (Å²) in [6.07, 6.45) is 0. The van der Waals surface area contributed by atoms with E-state index in [-0.39, 0.29) is 11.1 Å². The van der Waals surface area contributed by atoms with E-state index in [4.69, 9.17) is 15.2 Å². The number of carboxylic acid groups (broad SMARTS) is 1. The second-order valence-corrected chi connectivity index (χ2v) is 2.61. The van der Waals surface area contributed by atoms with Gasteiger partial charge in [-0.05, 0) is 24.3 Å². The number of hydrogen-bond acceptors (Lipinski definition) is 5. The molecule has 0 saturated heterocycles. The highest BCUT2D eigenvalue weighted by atomic mass is 16.6. The minimum absolute atomic E-state index is 0.0242. The van der Waals surface area contributed by atoms with Gasteiger partial charge in [0.2, 0.25) is 0 Å². The molecule has 0 amide bonds. The molecule has 0 aliphatic rings. The lowest BCUT2D eigenvalue weighted by Crippen LogP contribution is -2.21. The molecule has 15 heavy (non-hydrogen) atoms. The molecule has 1 aromatic rings. The van der Waals surface area contributed by atoms with Crippen molar-refractivity contribution >= 4 is 19.3 Å². The fourth-order valence-electron chi connectivity index (χ4n) is 0.913. The van der Waals surface area contributed by atoms with Gasteiger partial charge in [-0.25, -0.2) is 9.59 Å². The fraction of sp³-hybridized carbons (Fsp3) is 0. The van der Waals surface area contributed by atoms with Crippen LogP contribution >= 0.6 is 0 Å². The summed E-state index contributed by atoms with van der Waals surface area (Å²) in [4.78, 5) is 21.5. The molecule has 78 valence electrons. The van der Waals surface area contributed by atoms with Gasteiger partial charge in [0.15, 0.2) is 0 Å². The van der Waals surface area contributed by atoms with Crippen LogP contribution in [0.4, 0.5) is 0 Å². The second-order valence-electron chi connectivity index (χ2n) is 2.61. The Bertz CT molecular complexity index is 371. The summed E-state index contributed by atoms with van der Waals surface area (Å²) in [6.45, 7) is 0. The maximum absolute atomic E-state index is 11.0. The van der Waals surface area contributed by atoms with Crippen LogP contribution in [0.3, 0.4) is 0 Å². The maximum Gasteiger partial charge on any atom is 0.709 e. The summed E-state index contributed by atoms with van der Waals surface area (Å²) in [6, 6.07) is 4.85. The molecule has 1 aromatic carbocycles. The van der Waals surface area contributed by atoms with Gasteiger partial charge in [-0.2, -0.15) is 0 Å². The Balaban J connectivity index is 2.80. The first-order valence-corrected chi connectivity index (χ1v) is 3.91. The Morgan fingerprint density at radius 2 is 1.53 bits per heavy atom. The van der Waals surface area contributed by atoms with Crippen LogP contribution in [0.15, 0.2) is 24.3 Å². The Morgan fingerprint density at radius 3 is 1.93 bits per heavy atom. The Kier molecular flexibility index (Phi) is 3.43. The minimum atomic E-state index is -2.18. The van der Waals surface area contributed by atoms with E-state index in [1.54, 1.807) is 0 Å². The monoisotopic (exact) mass is 210 g/mol. The molecule has 0 radical (unpaired) electrons. The maximum atomic E-state index is 11.0. The number of benzene rings is 1. The van der Waals surface area contributed by atoms with Crippen LogP contribution in [0.5, 0.6) is 0 Å². The summed E-state index contributed by atoms with van der Waals surface area (Å²) < 4.78 is 4.06. The van der Waals surface area contributed by atoms with Crippen molar-refractivity contribution < 1.29 is 29.4 Å². The quantitative estimate of drug-likeness (QED) is 0.581. The lowest BCUT2D eigenvalue weighted by Gasteiger charge is -2.02. The average molecular weight is 210 g/mol. The minimum Gasteiger partial charge on any atom is -0.481 e. The van der Waals surface area contributed by atoms with Crippen LogP contribution in [0.25, 0.3) is 0 Å². The van der Waals surface area contributed by atoms with Crippen molar-refractivity contribution in [1.82, 2.24) is 0 Å². The number of carboxylic acids is 1. The number of aromatic carboxylic acids is 1. The third-order valence-electron chi connectivity index (χ3n) is 1.58. The molecule has 0 aromatic heterocycles. The summed E-state index contributed by atoms with van der Waals surface area (Å²) in [5.74, 6) is -2.06. The second kappa shape index (κ2) is 4.58. The van der Waals surface area contributed by atoms with Gasteiger partial charge in [-0.1, -0.05) is 0 Å². The third-order valence-corrected chi connectivity index (χ3v) is 1.58. The Labute approximate surface area is 84.9 Å². The highest BCUT2D eigenvalue weighted by Gasteiger charge is 2.17. The van der Waals surface area contributed by atoms with Gasteiger partial charge in [-0.15, -0.1) is 0 Å². The molecular formula is C8H7BO6. The highest BCUT2D eigenvalue weighted by Crippen LogP contribution is 2.06. The summed E-state index contributed by atoms with van der Waals surface area (Å²) in [7, 11) is -2.18. The van der Waals surface area contributed by atoms with Crippen LogP contribution in [0.1, 0.15) is 20.7 Å². The van der Waals surface area contributed by atoms with E-state index in [0.29, 0.717) is 0 Å². The van der Waals surface area contributed by atoms with Crippen molar-refractivity contribution in [2.24, 2.45) is 0 Å². The molecule has 0 aliphatic heterocycles. The lowest BCUT2D eigenvalue weighted by molar-refractivity contribution is 0.0643. The first-order valence-electron chi connectivity index (χ1n) is 3.91. The summed E-state index contributed by atoms with van der Waals surface area (Å²) >= 11 is 0. The summed E-state index contributed by atoms with van der Waals surface area (Å²) in [5, 5.41) is 25.3. The van der Waals surface area contributed by atoms with Crippen molar-refractivity contribution in [2.45, 2.75) is 0 Å². The van der Waals surface area contributed by atoms with Crippen molar-refractivity contribution in [1.29, 1.82) is 0 Å². The fourth-order valence-corrected chi connectivity index (χ4v) is 0.913. The number of carbonyl (C=O) groups excluding carboxylic acids is 1. The molecule has 7 heteroatoms. The van der Waals surface area contributed by atoms with Crippen LogP contribution in [0, 0.1) is 0 Å². The molecule has 0 fully saturated rings. The molecular weight excluding hydrogens is 203 g/mol. The molecule has 0 heterocycles. The van der Waals surface area contributed by atoms with Gasteiger partial charge in [0.05, 0.1) is 11.1 Å². The zero-order chi connectivity index (χ0) is 11.4. The predicted octanol–water partition coefficient (Wildman–Crippen LogP) is -0.489. The number of rotatable bonds is 3. The highest BCUT2D eigenvalue weighted by molar-refractivity contribution is 6.36. The number of hydrogen-bond donors (Lipinski definition) is 3. The molecule has 0 atom stereocenters. The largest absolute Gasteiger partial charge is 0.709 e. The molecule has 6 nitrogen and oxygen atoms in total. The van der Waals surface area contributed by atoms with Crippen molar-refractivity contribution in [3.8, 4) is 0 Å². The van der Waals surface area contributed by atoms with E-state index >= 15 is 0 Å². The predicted molar refractivity (Wildman–Crippen MR) is 49.0 cm³/mol. The first-order chi connectivity index (χ1) is 7.00. The van der Waals surface area contributed by atoms with Crippen LogP contribution in [-0.2, 0) is 4.65 Å². The molecule has 1 rings (SSSR count). The van der Waals surface area contributed by atoms with Crippen molar-refractivity contribution in [3.63, 3.8) is 0 Å². The van der Waals surface area contributed by atoms with Crippen LogP contribution in [0.2, 0.25) is 0 Å². The van der Waals surface area contributed by atoms with E-state index in [9.17, 15) is 9.59 Å². The lowest BCUT2D eigenvalue weighted by atomic mass is 10.1. The molecule has 3 N–H and O–H groups in total. The molecule has 0 unspecified atom stereocenters. The van der Waals surface area contributed by atoms with E-state index < -0.39 is 19.3 Å². The Hall–Kier alpha value is -1.86. The first kappa shape index (κ1) is 11.2. The molecule has 0 aliphatic carbocycles. The van der Waals surface area contributed by atoms with E-state index in [1.165, 1.54) is 24.3 Å². The average Bonchev–Trinajstić information content (AvgIpc) is 2.17. The van der Waals surface area contributed by atoms with Gasteiger partial charge in [0.25, 0.3) is 0 Å². The van der Waals surface area contributed by atoms with Crippen LogP contribution in [-0.4, -0.2) is 34.4 Å². The van der Waals surface area contributed by atoms with Gasteiger partial charge in [0, 0.05) is 0 Å². The van der Waals surface area contributed by atoms with Gasteiger partial charge < -0.3 is 19.8 Å². The molecule has 0 saturated carbocycles. The smallest absolute Gasteiger partial charge is 0.481 e. The van der Waals surface area contributed by atoms with E-state index in [2.05, 4.69) is 4.65 Å². The normalized spacial score (nSPS) is 9.47. The Morgan fingerprint density at radius 1 is 1.07 bits per heavy atom. The zero-order valence-electron chi connectivity index (χ0n) is 7.45. The van der Waals surface area contributed by atoms with Crippen LogP contribution < -0.4 is 0 Å². The van der Waals surface area contributed by atoms with Gasteiger partial charge in [-0.3, -0.25) is 0 Å². The SMILES string of the molecule is O=C(O)c1ccc(C(=O)OB(O)O)cc1. The number of carbonyl (C=O) groups is 2. The zero-order valence-corrected chi connectivity index (χ0v) is 7.45.